The fourth-order valence-corrected chi connectivity index (χ4v) is 3.45. The number of amides is 1. The number of nitrogens with zero attached hydrogens (tertiary/aromatic N) is 2. The first-order valence-electron chi connectivity index (χ1n) is 8.96. The summed E-state index contributed by atoms with van der Waals surface area (Å²) in [6.07, 6.45) is 2.15. The lowest BCUT2D eigenvalue weighted by Crippen LogP contribution is -2.16. The van der Waals surface area contributed by atoms with Crippen molar-refractivity contribution in [2.75, 3.05) is 5.32 Å². The number of fused-ring (bicyclic) bond motifs is 1. The minimum Gasteiger partial charge on any atom is -0.326 e. The number of aromatic nitrogens is 1. The van der Waals surface area contributed by atoms with E-state index >= 15 is 0 Å². The highest BCUT2D eigenvalue weighted by Crippen LogP contribution is 2.31. The third kappa shape index (κ3) is 4.17. The van der Waals surface area contributed by atoms with Crippen LogP contribution in [-0.2, 0) is 17.6 Å². The number of hydrogen-bond donors (Lipinski definition) is 1. The number of aliphatic imine (C=N–C) groups is 1. The Balaban J connectivity index is 1.52. The fourth-order valence-electron chi connectivity index (χ4n) is 3.22. The van der Waals surface area contributed by atoms with E-state index in [1.807, 2.05) is 13.0 Å². The van der Waals surface area contributed by atoms with Crippen LogP contribution in [0, 0.1) is 18.6 Å². The number of hydrogen-bond acceptors (Lipinski definition) is 3. The Kier molecular flexibility index (Phi) is 5.11. The average molecular weight is 412 g/mol. The monoisotopic (exact) mass is 411 g/mol. The lowest BCUT2D eigenvalue weighted by atomic mass is 10.0. The van der Waals surface area contributed by atoms with E-state index in [-0.39, 0.29) is 12.0 Å². The van der Waals surface area contributed by atoms with Gasteiger partial charge in [-0.2, -0.15) is 0 Å². The van der Waals surface area contributed by atoms with Crippen LogP contribution < -0.4 is 5.32 Å². The molecule has 2 heterocycles. The summed E-state index contributed by atoms with van der Waals surface area (Å²) >= 11 is 6.35. The summed E-state index contributed by atoms with van der Waals surface area (Å²) in [6.45, 7) is 1.97. The number of carbonyl (C=O) groups is 1. The molecule has 0 bridgehead atoms. The Hall–Kier alpha value is -3.12. The Labute approximate surface area is 171 Å². The van der Waals surface area contributed by atoms with Gasteiger partial charge in [-0.25, -0.2) is 18.8 Å². The molecule has 0 atom stereocenters. The molecular weight excluding hydrogens is 396 g/mol. The van der Waals surface area contributed by atoms with Crippen LogP contribution in [-0.4, -0.2) is 16.6 Å². The number of carbonyl (C=O) groups excluding carboxylic acids is 1. The van der Waals surface area contributed by atoms with Gasteiger partial charge in [0.1, 0.15) is 11.6 Å². The van der Waals surface area contributed by atoms with Crippen molar-refractivity contribution in [3.05, 3.63) is 87.6 Å². The Bertz CT molecular complexity index is 1160. The van der Waals surface area contributed by atoms with Gasteiger partial charge in [-0.15, -0.1) is 0 Å². The highest BCUT2D eigenvalue weighted by molar-refractivity contribution is 6.34. The normalized spacial score (nSPS) is 12.5. The number of halogens is 3. The molecule has 4 rings (SSSR count). The molecule has 1 N–H and O–H groups in total. The van der Waals surface area contributed by atoms with Crippen LogP contribution in [0.4, 0.5) is 20.3 Å². The van der Waals surface area contributed by atoms with Gasteiger partial charge in [0, 0.05) is 40.5 Å². The molecule has 1 amide bonds. The van der Waals surface area contributed by atoms with Gasteiger partial charge < -0.3 is 5.32 Å². The lowest BCUT2D eigenvalue weighted by molar-refractivity contribution is -0.115. The molecule has 2 aromatic carbocycles. The zero-order valence-corrected chi connectivity index (χ0v) is 16.2. The van der Waals surface area contributed by atoms with E-state index in [2.05, 4.69) is 15.3 Å². The van der Waals surface area contributed by atoms with Crippen molar-refractivity contribution in [1.29, 1.82) is 0 Å². The van der Waals surface area contributed by atoms with E-state index < -0.39 is 17.5 Å². The zero-order chi connectivity index (χ0) is 20.5. The molecule has 0 saturated carbocycles. The third-order valence-electron chi connectivity index (χ3n) is 4.61. The zero-order valence-electron chi connectivity index (χ0n) is 15.5. The Morgan fingerprint density at radius 2 is 2.00 bits per heavy atom. The lowest BCUT2D eigenvalue weighted by Gasteiger charge is -2.10. The van der Waals surface area contributed by atoms with Crippen molar-refractivity contribution >= 4 is 34.7 Å². The summed E-state index contributed by atoms with van der Waals surface area (Å²) in [5, 5.41) is 3.24. The topological polar surface area (TPSA) is 54.4 Å². The van der Waals surface area contributed by atoms with Crippen LogP contribution in [0.5, 0.6) is 0 Å². The van der Waals surface area contributed by atoms with Gasteiger partial charge in [-0.1, -0.05) is 23.7 Å². The van der Waals surface area contributed by atoms with E-state index in [9.17, 15) is 13.6 Å². The maximum absolute atomic E-state index is 13.8. The second-order valence-corrected chi connectivity index (χ2v) is 7.29. The van der Waals surface area contributed by atoms with E-state index in [0.29, 0.717) is 28.5 Å². The summed E-state index contributed by atoms with van der Waals surface area (Å²) in [6, 6.07) is 10.3. The SMILES string of the molecule is Cc1cnc2c(c1)CC(c1cc(NC(=O)Cc3ccc(F)cc3F)ccc1Cl)=N2. The third-order valence-corrected chi connectivity index (χ3v) is 4.94. The van der Waals surface area contributed by atoms with Gasteiger partial charge in [-0.05, 0) is 42.3 Å². The molecule has 3 aromatic rings. The first kappa shape index (κ1) is 19.2. The van der Waals surface area contributed by atoms with Crippen molar-refractivity contribution in [3.63, 3.8) is 0 Å². The van der Waals surface area contributed by atoms with E-state index in [0.717, 1.165) is 29.0 Å². The quantitative estimate of drug-likeness (QED) is 0.643. The molecule has 0 aliphatic carbocycles. The highest BCUT2D eigenvalue weighted by Gasteiger charge is 2.20. The second kappa shape index (κ2) is 7.72. The molecule has 7 heteroatoms. The standard InChI is InChI=1S/C22H16ClF2N3O/c1-12-6-14-7-20(28-22(14)26-11-12)17-10-16(4-5-18(17)23)27-21(29)8-13-2-3-15(24)9-19(13)25/h2-6,9-11H,7-8H2,1H3,(H,27,29). The number of aryl methyl sites for hydroxylation is 1. The summed E-state index contributed by atoms with van der Waals surface area (Å²) in [5.41, 5.74) is 4.18. The Morgan fingerprint density at radius 3 is 2.79 bits per heavy atom. The van der Waals surface area contributed by atoms with Gasteiger partial charge in [0.25, 0.3) is 0 Å². The van der Waals surface area contributed by atoms with Crippen LogP contribution in [0.1, 0.15) is 22.3 Å². The molecule has 1 aliphatic heterocycles. The predicted octanol–water partition coefficient (Wildman–Crippen LogP) is 5.18. The molecule has 0 saturated heterocycles. The van der Waals surface area contributed by atoms with Crippen LogP contribution in [0.2, 0.25) is 5.02 Å². The maximum Gasteiger partial charge on any atom is 0.228 e. The highest BCUT2D eigenvalue weighted by atomic mass is 35.5. The molecule has 29 heavy (non-hydrogen) atoms. The average Bonchev–Trinajstić information content (AvgIpc) is 3.08. The fraction of sp³-hybridized carbons (Fsp3) is 0.136. The van der Waals surface area contributed by atoms with Gasteiger partial charge in [0.15, 0.2) is 5.82 Å². The number of anilines is 1. The van der Waals surface area contributed by atoms with E-state index in [4.69, 9.17) is 11.6 Å². The van der Waals surface area contributed by atoms with Crippen LogP contribution in [0.3, 0.4) is 0 Å². The number of pyridine rings is 1. The largest absolute Gasteiger partial charge is 0.326 e. The summed E-state index contributed by atoms with van der Waals surface area (Å²) < 4.78 is 26.8. The second-order valence-electron chi connectivity index (χ2n) is 6.89. The molecule has 0 fully saturated rings. The number of rotatable bonds is 4. The van der Waals surface area contributed by atoms with Crippen molar-refractivity contribution in [1.82, 2.24) is 4.98 Å². The summed E-state index contributed by atoms with van der Waals surface area (Å²) in [7, 11) is 0. The predicted molar refractivity (Wildman–Crippen MR) is 109 cm³/mol. The minimum absolute atomic E-state index is 0.121. The molecule has 146 valence electrons. The number of benzene rings is 2. The van der Waals surface area contributed by atoms with Crippen LogP contribution >= 0.6 is 11.6 Å². The van der Waals surface area contributed by atoms with Crippen LogP contribution in [0.25, 0.3) is 0 Å². The molecular formula is C22H16ClF2N3O. The van der Waals surface area contributed by atoms with E-state index in [1.54, 1.807) is 24.4 Å². The number of nitrogens with one attached hydrogen (secondary N) is 1. The molecule has 4 nitrogen and oxygen atoms in total. The molecule has 0 spiro atoms. The molecule has 1 aliphatic rings. The molecule has 0 unspecified atom stereocenters. The van der Waals surface area contributed by atoms with Crippen LogP contribution in [0.15, 0.2) is 53.7 Å². The van der Waals surface area contributed by atoms with Gasteiger partial charge in [0.05, 0.1) is 12.1 Å². The van der Waals surface area contributed by atoms with Crippen molar-refractivity contribution in [3.8, 4) is 0 Å². The van der Waals surface area contributed by atoms with Crippen molar-refractivity contribution < 1.29 is 13.6 Å². The minimum atomic E-state index is -0.752. The van der Waals surface area contributed by atoms with Gasteiger partial charge >= 0.3 is 0 Å². The van der Waals surface area contributed by atoms with Crippen molar-refractivity contribution in [2.24, 2.45) is 4.99 Å². The van der Waals surface area contributed by atoms with Gasteiger partial charge in [-0.3, -0.25) is 4.79 Å². The Morgan fingerprint density at radius 1 is 1.17 bits per heavy atom. The first-order chi connectivity index (χ1) is 13.9. The van der Waals surface area contributed by atoms with Gasteiger partial charge in [0.2, 0.25) is 5.91 Å². The summed E-state index contributed by atoms with van der Waals surface area (Å²) in [5.74, 6) is -1.18. The smallest absolute Gasteiger partial charge is 0.228 e. The van der Waals surface area contributed by atoms with E-state index in [1.165, 1.54) is 6.07 Å². The molecule has 0 radical (unpaired) electrons. The van der Waals surface area contributed by atoms with Crippen molar-refractivity contribution in [2.45, 2.75) is 19.8 Å². The maximum atomic E-state index is 13.8. The molecule has 1 aromatic heterocycles. The summed E-state index contributed by atoms with van der Waals surface area (Å²) in [4.78, 5) is 21.2. The first-order valence-corrected chi connectivity index (χ1v) is 9.33.